The van der Waals surface area contributed by atoms with Crippen molar-refractivity contribution in [3.63, 3.8) is 0 Å². The van der Waals surface area contributed by atoms with Crippen molar-refractivity contribution in [3.05, 3.63) is 64.7 Å². The first-order chi connectivity index (χ1) is 9.68. The zero-order chi connectivity index (χ0) is 14.1. The van der Waals surface area contributed by atoms with Gasteiger partial charge >= 0.3 is 5.97 Å². The zero-order valence-electron chi connectivity index (χ0n) is 10.8. The quantitative estimate of drug-likeness (QED) is 0.910. The number of nitrogens with zero attached hydrogens (tertiary/aromatic N) is 1. The number of aromatic carboxylic acids is 1. The predicted octanol–water partition coefficient (Wildman–Crippen LogP) is 3.39. The van der Waals surface area contributed by atoms with Crippen LogP contribution in [0.3, 0.4) is 0 Å². The number of carboxylic acid groups (broad SMARTS) is 1. The molecule has 0 fully saturated rings. The Labute approximate surface area is 116 Å². The molecule has 1 aliphatic carbocycles. The Morgan fingerprint density at radius 2 is 2.15 bits per heavy atom. The molecular weight excluding hydrogens is 257 g/mol. The smallest absolute Gasteiger partial charge is 0.338 e. The molecule has 1 aliphatic rings. The molecule has 20 heavy (non-hydrogen) atoms. The zero-order valence-corrected chi connectivity index (χ0v) is 10.8. The molecule has 102 valence electrons. The van der Waals surface area contributed by atoms with Gasteiger partial charge < -0.3 is 5.11 Å². The van der Waals surface area contributed by atoms with Crippen molar-refractivity contribution in [1.29, 1.82) is 0 Å². The molecule has 0 radical (unpaired) electrons. The lowest BCUT2D eigenvalue weighted by Crippen LogP contribution is -2.17. The molecule has 1 heterocycles. The SMILES string of the molecule is O=C(O)c1c(F)cccc1C1CCCc2cccnc21. The number of halogens is 1. The second kappa shape index (κ2) is 5.04. The molecule has 0 amide bonds. The molecule has 1 N–H and O–H groups in total. The maximum absolute atomic E-state index is 13.8. The Balaban J connectivity index is 2.16. The van der Waals surface area contributed by atoms with Gasteiger partial charge in [-0.1, -0.05) is 18.2 Å². The molecule has 2 aromatic rings. The second-order valence-corrected chi connectivity index (χ2v) is 5.00. The summed E-state index contributed by atoms with van der Waals surface area (Å²) in [6.07, 6.45) is 4.40. The van der Waals surface area contributed by atoms with Gasteiger partial charge in [-0.3, -0.25) is 4.98 Å². The second-order valence-electron chi connectivity index (χ2n) is 5.00. The highest BCUT2D eigenvalue weighted by Crippen LogP contribution is 2.37. The lowest BCUT2D eigenvalue weighted by molar-refractivity contribution is 0.0690. The van der Waals surface area contributed by atoms with Gasteiger partial charge in [-0.25, -0.2) is 9.18 Å². The number of benzene rings is 1. The molecule has 1 aromatic heterocycles. The maximum Gasteiger partial charge on any atom is 0.338 e. The van der Waals surface area contributed by atoms with Crippen LogP contribution in [0.5, 0.6) is 0 Å². The number of aromatic nitrogens is 1. The van der Waals surface area contributed by atoms with Crippen LogP contribution in [0.4, 0.5) is 4.39 Å². The summed E-state index contributed by atoms with van der Waals surface area (Å²) in [5, 5.41) is 9.26. The largest absolute Gasteiger partial charge is 0.478 e. The van der Waals surface area contributed by atoms with Gasteiger partial charge in [0.2, 0.25) is 0 Å². The van der Waals surface area contributed by atoms with Crippen LogP contribution in [-0.4, -0.2) is 16.1 Å². The third kappa shape index (κ3) is 2.07. The minimum Gasteiger partial charge on any atom is -0.478 e. The first-order valence-corrected chi connectivity index (χ1v) is 6.64. The summed E-state index contributed by atoms with van der Waals surface area (Å²) >= 11 is 0. The summed E-state index contributed by atoms with van der Waals surface area (Å²) in [6, 6.07) is 8.34. The first-order valence-electron chi connectivity index (χ1n) is 6.64. The van der Waals surface area contributed by atoms with Crippen LogP contribution in [0.15, 0.2) is 36.5 Å². The van der Waals surface area contributed by atoms with Crippen molar-refractivity contribution in [2.45, 2.75) is 25.2 Å². The third-order valence-corrected chi connectivity index (χ3v) is 3.83. The molecule has 3 nitrogen and oxygen atoms in total. The molecule has 0 aliphatic heterocycles. The minimum absolute atomic E-state index is 0.137. The number of carbonyl (C=O) groups is 1. The summed E-state index contributed by atoms with van der Waals surface area (Å²) in [5.41, 5.74) is 2.31. The summed E-state index contributed by atoms with van der Waals surface area (Å²) in [6.45, 7) is 0. The predicted molar refractivity (Wildman–Crippen MR) is 72.4 cm³/mol. The van der Waals surface area contributed by atoms with Crippen LogP contribution < -0.4 is 0 Å². The van der Waals surface area contributed by atoms with E-state index < -0.39 is 11.8 Å². The fraction of sp³-hybridized carbons (Fsp3) is 0.250. The van der Waals surface area contributed by atoms with Gasteiger partial charge in [0.25, 0.3) is 0 Å². The molecule has 3 rings (SSSR count). The Morgan fingerprint density at radius 1 is 1.30 bits per heavy atom. The maximum atomic E-state index is 13.8. The van der Waals surface area contributed by atoms with E-state index >= 15 is 0 Å². The monoisotopic (exact) mass is 271 g/mol. The summed E-state index contributed by atoms with van der Waals surface area (Å²) in [7, 11) is 0. The van der Waals surface area contributed by atoms with Crippen molar-refractivity contribution in [2.75, 3.05) is 0 Å². The molecule has 1 aromatic carbocycles. The van der Waals surface area contributed by atoms with Crippen LogP contribution in [0.25, 0.3) is 0 Å². The van der Waals surface area contributed by atoms with Crippen molar-refractivity contribution in [2.24, 2.45) is 0 Å². The highest BCUT2D eigenvalue weighted by atomic mass is 19.1. The van der Waals surface area contributed by atoms with Crippen molar-refractivity contribution in [3.8, 4) is 0 Å². The first kappa shape index (κ1) is 12.8. The van der Waals surface area contributed by atoms with Crippen molar-refractivity contribution in [1.82, 2.24) is 4.98 Å². The number of hydrogen-bond acceptors (Lipinski definition) is 2. The molecule has 0 saturated carbocycles. The number of carboxylic acids is 1. The van der Waals surface area contributed by atoms with E-state index in [4.69, 9.17) is 0 Å². The van der Waals surface area contributed by atoms with Crippen LogP contribution in [-0.2, 0) is 6.42 Å². The van der Waals surface area contributed by atoms with Crippen LogP contribution in [0.1, 0.15) is 45.9 Å². The fourth-order valence-corrected chi connectivity index (χ4v) is 2.97. The minimum atomic E-state index is -1.22. The Hall–Kier alpha value is -2.23. The van der Waals surface area contributed by atoms with E-state index in [0.29, 0.717) is 5.56 Å². The van der Waals surface area contributed by atoms with Crippen LogP contribution in [0, 0.1) is 5.82 Å². The van der Waals surface area contributed by atoms with Gasteiger partial charge in [0, 0.05) is 12.1 Å². The number of aryl methyl sites for hydroxylation is 1. The molecular formula is C16H14FNO2. The van der Waals surface area contributed by atoms with Crippen molar-refractivity contribution >= 4 is 5.97 Å². The lowest BCUT2D eigenvalue weighted by Gasteiger charge is -2.25. The van der Waals surface area contributed by atoms with E-state index in [1.165, 1.54) is 6.07 Å². The van der Waals surface area contributed by atoms with Crippen LogP contribution >= 0.6 is 0 Å². The van der Waals surface area contributed by atoms with Gasteiger partial charge in [-0.15, -0.1) is 0 Å². The van der Waals surface area contributed by atoms with Gasteiger partial charge in [0.05, 0.1) is 11.3 Å². The molecule has 1 unspecified atom stereocenters. The van der Waals surface area contributed by atoms with E-state index in [0.717, 1.165) is 30.5 Å². The van der Waals surface area contributed by atoms with E-state index in [1.807, 2.05) is 12.1 Å². The van der Waals surface area contributed by atoms with E-state index in [9.17, 15) is 14.3 Å². The summed E-state index contributed by atoms with van der Waals surface area (Å²) in [5.74, 6) is -2.04. The van der Waals surface area contributed by atoms with Crippen molar-refractivity contribution < 1.29 is 14.3 Å². The third-order valence-electron chi connectivity index (χ3n) is 3.83. The lowest BCUT2D eigenvalue weighted by atomic mass is 9.80. The normalized spacial score (nSPS) is 17.6. The highest BCUT2D eigenvalue weighted by Gasteiger charge is 2.28. The number of fused-ring (bicyclic) bond motifs is 1. The molecule has 0 saturated heterocycles. The van der Waals surface area contributed by atoms with Gasteiger partial charge in [-0.2, -0.15) is 0 Å². The molecule has 4 heteroatoms. The number of pyridine rings is 1. The Bertz CT molecular complexity index is 669. The van der Waals surface area contributed by atoms with E-state index in [2.05, 4.69) is 4.98 Å². The summed E-state index contributed by atoms with van der Waals surface area (Å²) < 4.78 is 13.8. The highest BCUT2D eigenvalue weighted by molar-refractivity contribution is 5.90. The molecule has 0 bridgehead atoms. The van der Waals surface area contributed by atoms with Gasteiger partial charge in [0.15, 0.2) is 0 Å². The van der Waals surface area contributed by atoms with Gasteiger partial charge in [-0.05, 0) is 42.5 Å². The Kier molecular flexibility index (Phi) is 3.22. The Morgan fingerprint density at radius 3 is 2.95 bits per heavy atom. The van der Waals surface area contributed by atoms with E-state index in [-0.39, 0.29) is 11.5 Å². The van der Waals surface area contributed by atoms with Gasteiger partial charge in [0.1, 0.15) is 5.82 Å². The molecule has 0 spiro atoms. The average molecular weight is 271 g/mol. The summed E-state index contributed by atoms with van der Waals surface area (Å²) in [4.78, 5) is 15.7. The van der Waals surface area contributed by atoms with Crippen LogP contribution in [0.2, 0.25) is 0 Å². The molecule has 1 atom stereocenters. The number of rotatable bonds is 2. The number of hydrogen-bond donors (Lipinski definition) is 1. The van der Waals surface area contributed by atoms with E-state index in [1.54, 1.807) is 18.3 Å². The average Bonchev–Trinajstić information content (AvgIpc) is 2.46. The topological polar surface area (TPSA) is 50.2 Å². The standard InChI is InChI=1S/C16H14FNO2/c17-13-8-2-6-11(14(13)16(19)20)12-7-1-4-10-5-3-9-18-15(10)12/h2-3,5-6,8-9,12H,1,4,7H2,(H,19,20). The fourth-order valence-electron chi connectivity index (χ4n) is 2.97.